The molecule has 5 heteroatoms. The lowest BCUT2D eigenvalue weighted by atomic mass is 9.86. The Hall–Kier alpha value is -1.65. The third-order valence-corrected chi connectivity index (χ3v) is 6.68. The van der Waals surface area contributed by atoms with Gasteiger partial charge in [-0.05, 0) is 43.9 Å². The van der Waals surface area contributed by atoms with Gasteiger partial charge in [0.2, 0.25) is 0 Å². The molecule has 1 amide bonds. The fourth-order valence-corrected chi connectivity index (χ4v) is 5.11. The molecule has 2 aromatic heterocycles. The van der Waals surface area contributed by atoms with Crippen LogP contribution in [0, 0.1) is 12.8 Å². The minimum absolute atomic E-state index is 0.0109. The molecule has 4 rings (SSSR count). The number of fused-ring (bicyclic) bond motifs is 3. The molecule has 2 heterocycles. The van der Waals surface area contributed by atoms with Gasteiger partial charge in [0.1, 0.15) is 5.15 Å². The number of hydrogen-bond acceptors (Lipinski definition) is 3. The average molecular weight is 373 g/mol. The Kier molecular flexibility index (Phi) is 4.42. The standard InChI is InChI=1S/C20H21ClN2OS/c1-11-7-8-16-13(9-11)18-14(19(21)22-16)10-17(25-18)20(24)23-15-6-4-3-5-12(15)2/h7-10,12,15H,3-6H2,1-2H3,(H,23,24)/t12-,15-/m1/s1. The lowest BCUT2D eigenvalue weighted by Crippen LogP contribution is -2.40. The van der Waals surface area contributed by atoms with Crippen molar-refractivity contribution in [2.24, 2.45) is 5.92 Å². The Morgan fingerprint density at radius 3 is 2.84 bits per heavy atom. The van der Waals surface area contributed by atoms with Crippen LogP contribution in [0.1, 0.15) is 47.8 Å². The first-order valence-corrected chi connectivity index (χ1v) is 10.0. The first-order valence-electron chi connectivity index (χ1n) is 8.83. The van der Waals surface area contributed by atoms with Crippen molar-refractivity contribution in [1.29, 1.82) is 0 Å². The zero-order chi connectivity index (χ0) is 17.6. The molecule has 1 aliphatic carbocycles. The van der Waals surface area contributed by atoms with Crippen LogP contribution >= 0.6 is 22.9 Å². The number of aryl methyl sites for hydroxylation is 1. The number of pyridine rings is 1. The highest BCUT2D eigenvalue weighted by molar-refractivity contribution is 7.21. The maximum atomic E-state index is 12.8. The zero-order valence-electron chi connectivity index (χ0n) is 14.4. The largest absolute Gasteiger partial charge is 0.348 e. The second kappa shape index (κ2) is 6.58. The van der Waals surface area contributed by atoms with Gasteiger partial charge in [0.25, 0.3) is 5.91 Å². The Labute approximate surface area is 156 Å². The third-order valence-electron chi connectivity index (χ3n) is 5.22. The summed E-state index contributed by atoms with van der Waals surface area (Å²) in [4.78, 5) is 18.0. The summed E-state index contributed by atoms with van der Waals surface area (Å²) in [6, 6.07) is 8.30. The fourth-order valence-electron chi connectivity index (χ4n) is 3.72. The second-order valence-corrected chi connectivity index (χ2v) is 8.53. The summed E-state index contributed by atoms with van der Waals surface area (Å²) in [7, 11) is 0. The molecule has 0 spiro atoms. The predicted molar refractivity (Wildman–Crippen MR) is 106 cm³/mol. The van der Waals surface area contributed by atoms with Crippen LogP contribution < -0.4 is 5.32 Å². The molecular weight excluding hydrogens is 352 g/mol. The highest BCUT2D eigenvalue weighted by Crippen LogP contribution is 2.36. The number of benzene rings is 1. The number of aromatic nitrogens is 1. The molecule has 1 saturated carbocycles. The molecule has 1 fully saturated rings. The highest BCUT2D eigenvalue weighted by Gasteiger charge is 2.24. The molecular formula is C20H21ClN2OS. The zero-order valence-corrected chi connectivity index (χ0v) is 16.0. The molecule has 3 aromatic rings. The van der Waals surface area contributed by atoms with Gasteiger partial charge in [-0.2, -0.15) is 0 Å². The summed E-state index contributed by atoms with van der Waals surface area (Å²) in [6.07, 6.45) is 4.73. The molecule has 0 aliphatic heterocycles. The van der Waals surface area contributed by atoms with E-state index in [1.54, 1.807) is 0 Å². The highest BCUT2D eigenvalue weighted by atomic mass is 35.5. The van der Waals surface area contributed by atoms with E-state index in [2.05, 4.69) is 30.2 Å². The quantitative estimate of drug-likeness (QED) is 0.584. The molecule has 25 heavy (non-hydrogen) atoms. The maximum absolute atomic E-state index is 12.8. The van der Waals surface area contributed by atoms with Crippen LogP contribution in [-0.2, 0) is 0 Å². The average Bonchev–Trinajstić information content (AvgIpc) is 3.04. The van der Waals surface area contributed by atoms with E-state index in [0.717, 1.165) is 27.4 Å². The lowest BCUT2D eigenvalue weighted by molar-refractivity contribution is 0.0914. The van der Waals surface area contributed by atoms with Gasteiger partial charge in [-0.1, -0.05) is 43.0 Å². The van der Waals surface area contributed by atoms with Crippen molar-refractivity contribution in [3.63, 3.8) is 0 Å². The van der Waals surface area contributed by atoms with Gasteiger partial charge in [-0.15, -0.1) is 11.3 Å². The van der Waals surface area contributed by atoms with Gasteiger partial charge in [0, 0.05) is 21.5 Å². The molecule has 0 unspecified atom stereocenters. The second-order valence-electron chi connectivity index (χ2n) is 7.12. The molecule has 2 atom stereocenters. The number of nitrogens with one attached hydrogen (secondary N) is 1. The lowest BCUT2D eigenvalue weighted by Gasteiger charge is -2.29. The van der Waals surface area contributed by atoms with Crippen molar-refractivity contribution in [3.05, 3.63) is 39.9 Å². The van der Waals surface area contributed by atoms with Crippen LogP contribution in [0.2, 0.25) is 5.15 Å². The molecule has 0 saturated heterocycles. The first kappa shape index (κ1) is 16.8. The van der Waals surface area contributed by atoms with Gasteiger partial charge >= 0.3 is 0 Å². The van der Waals surface area contributed by atoms with Crippen molar-refractivity contribution in [1.82, 2.24) is 10.3 Å². The maximum Gasteiger partial charge on any atom is 0.261 e. The van der Waals surface area contributed by atoms with Crippen molar-refractivity contribution in [3.8, 4) is 0 Å². The van der Waals surface area contributed by atoms with Crippen LogP contribution in [0.25, 0.3) is 21.0 Å². The van der Waals surface area contributed by atoms with Gasteiger partial charge in [0.05, 0.1) is 10.4 Å². The van der Waals surface area contributed by atoms with Crippen LogP contribution in [0.4, 0.5) is 0 Å². The Morgan fingerprint density at radius 2 is 2.04 bits per heavy atom. The molecule has 0 radical (unpaired) electrons. The van der Waals surface area contributed by atoms with Crippen molar-refractivity contribution in [2.45, 2.75) is 45.6 Å². The Morgan fingerprint density at radius 1 is 1.24 bits per heavy atom. The van der Waals surface area contributed by atoms with Crippen molar-refractivity contribution in [2.75, 3.05) is 0 Å². The summed E-state index contributed by atoms with van der Waals surface area (Å²) in [6.45, 7) is 4.29. The van der Waals surface area contributed by atoms with E-state index in [9.17, 15) is 4.79 Å². The van der Waals surface area contributed by atoms with Crippen molar-refractivity contribution >= 4 is 49.8 Å². The van der Waals surface area contributed by atoms with E-state index in [1.165, 1.54) is 36.2 Å². The summed E-state index contributed by atoms with van der Waals surface area (Å²) in [5.74, 6) is 0.553. The topological polar surface area (TPSA) is 42.0 Å². The number of halogens is 1. The van der Waals surface area contributed by atoms with E-state index in [-0.39, 0.29) is 11.9 Å². The van der Waals surface area contributed by atoms with E-state index in [0.29, 0.717) is 15.9 Å². The molecule has 1 N–H and O–H groups in total. The normalized spacial score (nSPS) is 20.9. The summed E-state index contributed by atoms with van der Waals surface area (Å²) < 4.78 is 1.04. The first-order chi connectivity index (χ1) is 12.0. The SMILES string of the molecule is Cc1ccc2nc(Cl)c3cc(C(=O)N[C@@H]4CCCC[C@H]4C)sc3c2c1. The van der Waals surface area contributed by atoms with E-state index in [4.69, 9.17) is 11.6 Å². The molecule has 0 bridgehead atoms. The number of thiophene rings is 1. The summed E-state index contributed by atoms with van der Waals surface area (Å²) >= 11 is 7.88. The summed E-state index contributed by atoms with van der Waals surface area (Å²) in [5.41, 5.74) is 2.05. The van der Waals surface area contributed by atoms with E-state index in [1.807, 2.05) is 18.2 Å². The number of hydrogen-bond donors (Lipinski definition) is 1. The minimum atomic E-state index is 0.0109. The van der Waals surface area contributed by atoms with Gasteiger partial charge < -0.3 is 5.32 Å². The van der Waals surface area contributed by atoms with Crippen LogP contribution in [-0.4, -0.2) is 16.9 Å². The van der Waals surface area contributed by atoms with E-state index >= 15 is 0 Å². The van der Waals surface area contributed by atoms with Gasteiger partial charge in [-0.25, -0.2) is 4.98 Å². The predicted octanol–water partition coefficient (Wildman–Crippen LogP) is 5.72. The number of rotatable bonds is 2. The fraction of sp³-hybridized carbons (Fsp3) is 0.400. The van der Waals surface area contributed by atoms with E-state index < -0.39 is 0 Å². The number of carbonyl (C=O) groups excluding carboxylic acids is 1. The Balaban J connectivity index is 1.73. The number of amides is 1. The van der Waals surface area contributed by atoms with Crippen LogP contribution in [0.15, 0.2) is 24.3 Å². The summed E-state index contributed by atoms with van der Waals surface area (Å²) in [5, 5.41) is 5.63. The van der Waals surface area contributed by atoms with Crippen LogP contribution in [0.3, 0.4) is 0 Å². The Bertz CT molecular complexity index is 965. The number of carbonyl (C=O) groups is 1. The van der Waals surface area contributed by atoms with Crippen molar-refractivity contribution < 1.29 is 4.79 Å². The van der Waals surface area contributed by atoms with Gasteiger partial charge in [-0.3, -0.25) is 4.79 Å². The molecule has 130 valence electrons. The molecule has 1 aliphatic rings. The minimum Gasteiger partial charge on any atom is -0.348 e. The monoisotopic (exact) mass is 372 g/mol. The molecule has 3 nitrogen and oxygen atoms in total. The smallest absolute Gasteiger partial charge is 0.261 e. The van der Waals surface area contributed by atoms with Crippen LogP contribution in [0.5, 0.6) is 0 Å². The van der Waals surface area contributed by atoms with Gasteiger partial charge in [0.15, 0.2) is 0 Å². The molecule has 1 aromatic carbocycles. The number of nitrogens with zero attached hydrogens (tertiary/aromatic N) is 1. The third kappa shape index (κ3) is 3.13.